The predicted octanol–water partition coefficient (Wildman–Crippen LogP) is 2.43. The summed E-state index contributed by atoms with van der Waals surface area (Å²) in [5, 5.41) is 0. The van der Waals surface area contributed by atoms with Crippen molar-refractivity contribution < 1.29 is 4.39 Å². The Hall–Kier alpha value is -2.30. The molecule has 1 aromatic heterocycles. The molecular weight excluding hydrogens is 231 g/mol. The fourth-order valence-corrected chi connectivity index (χ4v) is 1.29. The van der Waals surface area contributed by atoms with Gasteiger partial charge in [0.15, 0.2) is 0 Å². The highest BCUT2D eigenvalue weighted by atomic mass is 19.1. The standard InChI is InChI=1S/C13H15FN4/c1-8(2)12(13(15)16-4)18-9(3)10-5-11(14)7-17-6-10/h5-7H,1,4,15H2,2-3H3/b13-12-,18-9?. The molecule has 0 aromatic carbocycles. The van der Waals surface area contributed by atoms with Crippen molar-refractivity contribution in [2.45, 2.75) is 13.8 Å². The lowest BCUT2D eigenvalue weighted by molar-refractivity contribution is 0.621. The Morgan fingerprint density at radius 3 is 2.56 bits per heavy atom. The van der Waals surface area contributed by atoms with Crippen LogP contribution in [0.2, 0.25) is 0 Å². The normalized spacial score (nSPS) is 12.9. The van der Waals surface area contributed by atoms with E-state index in [9.17, 15) is 4.39 Å². The minimum Gasteiger partial charge on any atom is -0.382 e. The lowest BCUT2D eigenvalue weighted by atomic mass is 10.2. The van der Waals surface area contributed by atoms with Crippen LogP contribution in [0, 0.1) is 5.82 Å². The van der Waals surface area contributed by atoms with Crippen molar-refractivity contribution in [1.82, 2.24) is 4.98 Å². The van der Waals surface area contributed by atoms with Gasteiger partial charge < -0.3 is 5.73 Å². The summed E-state index contributed by atoms with van der Waals surface area (Å²) in [5.41, 5.74) is 7.91. The fourth-order valence-electron chi connectivity index (χ4n) is 1.29. The van der Waals surface area contributed by atoms with E-state index in [4.69, 9.17) is 5.73 Å². The Kier molecular flexibility index (Phi) is 4.48. The Morgan fingerprint density at radius 2 is 2.06 bits per heavy atom. The van der Waals surface area contributed by atoms with Crippen molar-refractivity contribution in [2.75, 3.05) is 0 Å². The van der Waals surface area contributed by atoms with Gasteiger partial charge in [-0.15, -0.1) is 0 Å². The summed E-state index contributed by atoms with van der Waals surface area (Å²) in [5.74, 6) is -0.232. The molecule has 0 fully saturated rings. The molecule has 0 amide bonds. The minimum atomic E-state index is -0.419. The molecule has 0 saturated heterocycles. The highest BCUT2D eigenvalue weighted by Crippen LogP contribution is 2.14. The van der Waals surface area contributed by atoms with Crippen LogP contribution in [0.1, 0.15) is 19.4 Å². The zero-order chi connectivity index (χ0) is 13.7. The van der Waals surface area contributed by atoms with Gasteiger partial charge in [0.25, 0.3) is 0 Å². The minimum absolute atomic E-state index is 0.186. The largest absolute Gasteiger partial charge is 0.382 e. The highest BCUT2D eigenvalue weighted by molar-refractivity contribution is 5.99. The van der Waals surface area contributed by atoms with Crippen molar-refractivity contribution in [1.29, 1.82) is 0 Å². The number of allylic oxidation sites excluding steroid dienone is 1. The number of rotatable bonds is 4. The first kappa shape index (κ1) is 13.8. The van der Waals surface area contributed by atoms with Crippen LogP contribution in [0.25, 0.3) is 0 Å². The number of aliphatic imine (C=N–C) groups is 2. The third-order valence-electron chi connectivity index (χ3n) is 2.22. The zero-order valence-electron chi connectivity index (χ0n) is 10.4. The lowest BCUT2D eigenvalue weighted by Gasteiger charge is -2.06. The van der Waals surface area contributed by atoms with Gasteiger partial charge in [0, 0.05) is 17.5 Å². The third-order valence-corrected chi connectivity index (χ3v) is 2.22. The molecule has 0 radical (unpaired) electrons. The van der Waals surface area contributed by atoms with E-state index in [1.807, 2.05) is 0 Å². The Balaban J connectivity index is 3.23. The SMILES string of the molecule is C=N/C(N)=C(\N=C(C)c1cncc(F)c1)C(=C)C. The third kappa shape index (κ3) is 3.35. The molecule has 0 aliphatic heterocycles. The monoisotopic (exact) mass is 246 g/mol. The summed E-state index contributed by atoms with van der Waals surface area (Å²) in [6.45, 7) is 10.6. The van der Waals surface area contributed by atoms with Crippen molar-refractivity contribution in [3.05, 3.63) is 53.5 Å². The molecule has 1 aromatic rings. The van der Waals surface area contributed by atoms with Crippen LogP contribution in [-0.2, 0) is 0 Å². The zero-order valence-corrected chi connectivity index (χ0v) is 10.4. The lowest BCUT2D eigenvalue weighted by Crippen LogP contribution is -2.03. The molecule has 0 spiro atoms. The molecule has 0 bridgehead atoms. The van der Waals surface area contributed by atoms with E-state index in [1.54, 1.807) is 13.8 Å². The van der Waals surface area contributed by atoms with Gasteiger partial charge in [-0.05, 0) is 32.2 Å². The number of aromatic nitrogens is 1. The van der Waals surface area contributed by atoms with E-state index in [-0.39, 0.29) is 5.82 Å². The van der Waals surface area contributed by atoms with E-state index in [2.05, 4.69) is 28.3 Å². The number of nitrogens with zero attached hydrogens (tertiary/aromatic N) is 3. The number of hydrogen-bond acceptors (Lipinski definition) is 4. The Morgan fingerprint density at radius 1 is 1.39 bits per heavy atom. The molecule has 1 heterocycles. The van der Waals surface area contributed by atoms with Crippen molar-refractivity contribution in [3.63, 3.8) is 0 Å². The van der Waals surface area contributed by atoms with Crippen LogP contribution in [0.5, 0.6) is 0 Å². The van der Waals surface area contributed by atoms with Gasteiger partial charge in [0.05, 0.1) is 6.20 Å². The number of nitrogens with two attached hydrogens (primary N) is 1. The van der Waals surface area contributed by atoms with Gasteiger partial charge in [0.1, 0.15) is 17.3 Å². The van der Waals surface area contributed by atoms with E-state index >= 15 is 0 Å². The summed E-state index contributed by atoms with van der Waals surface area (Å²) in [4.78, 5) is 11.7. The number of halogens is 1. The molecule has 2 N–H and O–H groups in total. The van der Waals surface area contributed by atoms with Crippen LogP contribution in [0.15, 0.2) is 52.1 Å². The van der Waals surface area contributed by atoms with E-state index < -0.39 is 5.82 Å². The molecule has 0 saturated carbocycles. The summed E-state index contributed by atoms with van der Waals surface area (Å²) in [7, 11) is 0. The summed E-state index contributed by atoms with van der Waals surface area (Å²) in [6, 6.07) is 1.35. The first-order valence-corrected chi connectivity index (χ1v) is 5.24. The quantitative estimate of drug-likeness (QED) is 0.655. The predicted molar refractivity (Wildman–Crippen MR) is 72.0 cm³/mol. The van der Waals surface area contributed by atoms with Crippen molar-refractivity contribution in [3.8, 4) is 0 Å². The van der Waals surface area contributed by atoms with Gasteiger partial charge in [-0.25, -0.2) is 14.4 Å². The second-order valence-electron chi connectivity index (χ2n) is 3.76. The van der Waals surface area contributed by atoms with Crippen LogP contribution in [0.3, 0.4) is 0 Å². The Labute approximate surface area is 105 Å². The highest BCUT2D eigenvalue weighted by Gasteiger charge is 2.05. The molecule has 94 valence electrons. The maximum absolute atomic E-state index is 13.0. The molecular formula is C13H15FN4. The molecule has 18 heavy (non-hydrogen) atoms. The van der Waals surface area contributed by atoms with Crippen LogP contribution in [0.4, 0.5) is 4.39 Å². The Bertz CT molecular complexity index is 544. The van der Waals surface area contributed by atoms with Crippen LogP contribution >= 0.6 is 0 Å². The molecule has 0 atom stereocenters. The first-order valence-electron chi connectivity index (χ1n) is 5.24. The smallest absolute Gasteiger partial charge is 0.148 e. The van der Waals surface area contributed by atoms with Crippen LogP contribution in [-0.4, -0.2) is 17.4 Å². The van der Waals surface area contributed by atoms with Gasteiger partial charge in [0.2, 0.25) is 0 Å². The topological polar surface area (TPSA) is 63.6 Å². The molecule has 0 aliphatic carbocycles. The average molecular weight is 246 g/mol. The summed E-state index contributed by atoms with van der Waals surface area (Å²) >= 11 is 0. The molecule has 1 rings (SSSR count). The molecule has 0 aliphatic rings. The first-order chi connectivity index (χ1) is 8.45. The van der Waals surface area contributed by atoms with E-state index in [1.165, 1.54) is 12.3 Å². The van der Waals surface area contributed by atoms with Gasteiger partial charge in [-0.3, -0.25) is 4.98 Å². The van der Waals surface area contributed by atoms with Crippen LogP contribution < -0.4 is 5.73 Å². The van der Waals surface area contributed by atoms with E-state index in [0.29, 0.717) is 22.5 Å². The maximum Gasteiger partial charge on any atom is 0.148 e. The van der Waals surface area contributed by atoms with E-state index in [0.717, 1.165) is 6.20 Å². The summed E-state index contributed by atoms with van der Waals surface area (Å²) in [6.07, 6.45) is 2.65. The number of hydrogen-bond donors (Lipinski definition) is 1. The maximum atomic E-state index is 13.0. The second-order valence-corrected chi connectivity index (χ2v) is 3.76. The number of pyridine rings is 1. The second kappa shape index (κ2) is 5.86. The van der Waals surface area contributed by atoms with Gasteiger partial charge >= 0.3 is 0 Å². The molecule has 5 heteroatoms. The van der Waals surface area contributed by atoms with Gasteiger partial charge in [-0.2, -0.15) is 0 Å². The summed E-state index contributed by atoms with van der Waals surface area (Å²) < 4.78 is 13.0. The van der Waals surface area contributed by atoms with Gasteiger partial charge in [-0.1, -0.05) is 6.58 Å². The van der Waals surface area contributed by atoms with Crippen molar-refractivity contribution >= 4 is 12.4 Å². The molecule has 0 unspecified atom stereocenters. The molecule has 4 nitrogen and oxygen atoms in total. The average Bonchev–Trinajstić information content (AvgIpc) is 2.34. The fraction of sp³-hybridized carbons (Fsp3) is 0.154. The van der Waals surface area contributed by atoms with Crippen molar-refractivity contribution in [2.24, 2.45) is 15.7 Å².